The molecule has 1 aliphatic heterocycles. The van der Waals surface area contributed by atoms with Crippen LogP contribution in [-0.4, -0.2) is 31.2 Å². The molecule has 2 heterocycles. The Labute approximate surface area is 114 Å². The van der Waals surface area contributed by atoms with E-state index in [0.29, 0.717) is 11.6 Å². The number of aromatic nitrogens is 1. The fraction of sp³-hybridized carbons (Fsp3) is 0.500. The molecule has 18 heavy (non-hydrogen) atoms. The molecule has 3 nitrogen and oxygen atoms in total. The second kappa shape index (κ2) is 6.63. The summed E-state index contributed by atoms with van der Waals surface area (Å²) >= 11 is 6.09. The van der Waals surface area contributed by atoms with Crippen LogP contribution in [0.4, 0.5) is 5.69 Å². The fourth-order valence-corrected chi connectivity index (χ4v) is 2.24. The van der Waals surface area contributed by atoms with Gasteiger partial charge in [-0.2, -0.15) is 0 Å². The fourth-order valence-electron chi connectivity index (χ4n) is 2.07. The molecule has 0 unspecified atom stereocenters. The van der Waals surface area contributed by atoms with Crippen molar-refractivity contribution in [1.82, 2.24) is 10.3 Å². The van der Waals surface area contributed by atoms with Crippen molar-refractivity contribution in [3.8, 4) is 11.8 Å². The highest BCUT2D eigenvalue weighted by Crippen LogP contribution is 2.21. The third kappa shape index (κ3) is 3.38. The molecular formula is C14H18ClN3. The number of halogens is 1. The van der Waals surface area contributed by atoms with Crippen molar-refractivity contribution < 1.29 is 0 Å². The van der Waals surface area contributed by atoms with Crippen LogP contribution in [0.15, 0.2) is 12.3 Å². The zero-order valence-electron chi connectivity index (χ0n) is 10.7. The minimum absolute atomic E-state index is 0.564. The van der Waals surface area contributed by atoms with Gasteiger partial charge in [0.2, 0.25) is 0 Å². The van der Waals surface area contributed by atoms with E-state index in [1.165, 1.54) is 0 Å². The van der Waals surface area contributed by atoms with Crippen molar-refractivity contribution in [2.45, 2.75) is 19.8 Å². The molecule has 1 aromatic heterocycles. The molecule has 1 aliphatic rings. The van der Waals surface area contributed by atoms with Gasteiger partial charge in [0.25, 0.3) is 0 Å². The summed E-state index contributed by atoms with van der Waals surface area (Å²) < 4.78 is 0. The van der Waals surface area contributed by atoms with Gasteiger partial charge in [0, 0.05) is 31.6 Å². The molecule has 1 saturated heterocycles. The Hall–Kier alpha value is -1.24. The van der Waals surface area contributed by atoms with Gasteiger partial charge in [0.15, 0.2) is 0 Å². The van der Waals surface area contributed by atoms with Gasteiger partial charge in [-0.15, -0.1) is 5.92 Å². The number of hydrogen-bond acceptors (Lipinski definition) is 3. The zero-order valence-corrected chi connectivity index (χ0v) is 11.4. The summed E-state index contributed by atoms with van der Waals surface area (Å²) in [5.74, 6) is 5.93. The van der Waals surface area contributed by atoms with Gasteiger partial charge in [-0.05, 0) is 26.0 Å². The molecule has 1 aromatic rings. The van der Waals surface area contributed by atoms with Crippen molar-refractivity contribution in [2.24, 2.45) is 0 Å². The van der Waals surface area contributed by atoms with Crippen molar-refractivity contribution in [3.63, 3.8) is 0 Å². The van der Waals surface area contributed by atoms with Crippen LogP contribution in [0.3, 0.4) is 0 Å². The summed E-state index contributed by atoms with van der Waals surface area (Å²) in [4.78, 5) is 6.63. The first kappa shape index (κ1) is 13.2. The number of hydrogen-bond donors (Lipinski definition) is 1. The molecule has 0 aromatic carbocycles. The van der Waals surface area contributed by atoms with Crippen LogP contribution < -0.4 is 10.2 Å². The Bertz CT molecular complexity index is 454. The number of pyridine rings is 1. The normalized spacial score (nSPS) is 15.8. The van der Waals surface area contributed by atoms with Crippen molar-refractivity contribution in [3.05, 3.63) is 23.0 Å². The molecular weight excluding hydrogens is 246 g/mol. The summed E-state index contributed by atoms with van der Waals surface area (Å²) in [5, 5.41) is 3.96. The third-order valence-corrected chi connectivity index (χ3v) is 3.40. The van der Waals surface area contributed by atoms with Gasteiger partial charge in [0.05, 0.1) is 11.9 Å². The monoisotopic (exact) mass is 263 g/mol. The van der Waals surface area contributed by atoms with Gasteiger partial charge in [-0.25, -0.2) is 4.98 Å². The van der Waals surface area contributed by atoms with E-state index in [4.69, 9.17) is 11.6 Å². The van der Waals surface area contributed by atoms with Crippen LogP contribution in [0.2, 0.25) is 5.15 Å². The average Bonchev–Trinajstić information content (AvgIpc) is 2.67. The molecule has 0 amide bonds. The number of anilines is 1. The molecule has 0 aliphatic carbocycles. The molecule has 1 fully saturated rings. The molecule has 1 N–H and O–H groups in total. The molecule has 4 heteroatoms. The van der Waals surface area contributed by atoms with Crippen LogP contribution in [0.25, 0.3) is 0 Å². The van der Waals surface area contributed by atoms with Crippen molar-refractivity contribution in [1.29, 1.82) is 0 Å². The largest absolute Gasteiger partial charge is 0.369 e. The predicted molar refractivity (Wildman–Crippen MR) is 76.1 cm³/mol. The maximum atomic E-state index is 6.09. The lowest BCUT2D eigenvalue weighted by molar-refractivity contribution is 0.724. The Morgan fingerprint density at radius 3 is 3.17 bits per heavy atom. The molecule has 0 spiro atoms. The standard InChI is InChI=1S/C14H18ClN3/c1-2-3-5-12-10-13(11-17-14(12)15)18-8-4-6-16-7-9-18/h10-11,16H,4-9H2,1H3. The highest BCUT2D eigenvalue weighted by Gasteiger charge is 2.11. The zero-order chi connectivity index (χ0) is 12.8. The van der Waals surface area contributed by atoms with Crippen molar-refractivity contribution in [2.75, 3.05) is 31.1 Å². The lowest BCUT2D eigenvalue weighted by Gasteiger charge is -2.22. The van der Waals surface area contributed by atoms with Gasteiger partial charge in [-0.3, -0.25) is 0 Å². The van der Waals surface area contributed by atoms with E-state index in [1.54, 1.807) is 0 Å². The Kier molecular flexibility index (Phi) is 4.86. The number of nitrogens with one attached hydrogen (secondary N) is 1. The van der Waals surface area contributed by atoms with E-state index in [-0.39, 0.29) is 0 Å². The van der Waals surface area contributed by atoms with E-state index in [1.807, 2.05) is 13.1 Å². The number of rotatable bonds is 2. The Morgan fingerprint density at radius 2 is 2.33 bits per heavy atom. The second-order valence-corrected chi connectivity index (χ2v) is 4.70. The molecule has 96 valence electrons. The quantitative estimate of drug-likeness (QED) is 0.654. The molecule has 0 radical (unpaired) electrons. The second-order valence-electron chi connectivity index (χ2n) is 4.34. The minimum atomic E-state index is 0.564. The summed E-state index contributed by atoms with van der Waals surface area (Å²) in [7, 11) is 0. The summed E-state index contributed by atoms with van der Waals surface area (Å²) in [6, 6.07) is 2.12. The van der Waals surface area contributed by atoms with E-state index >= 15 is 0 Å². The number of nitrogens with zero attached hydrogens (tertiary/aromatic N) is 2. The van der Waals surface area contributed by atoms with Crippen LogP contribution in [0.1, 0.15) is 18.9 Å². The molecule has 0 atom stereocenters. The third-order valence-electron chi connectivity index (χ3n) is 3.06. The maximum absolute atomic E-state index is 6.09. The van der Waals surface area contributed by atoms with Gasteiger partial charge >= 0.3 is 0 Å². The SMILES string of the molecule is CC#CCc1cc(N2CCCNCC2)cnc1Cl. The highest BCUT2D eigenvalue weighted by molar-refractivity contribution is 6.30. The lowest BCUT2D eigenvalue weighted by atomic mass is 10.2. The average molecular weight is 264 g/mol. The van der Waals surface area contributed by atoms with Crippen LogP contribution in [-0.2, 0) is 6.42 Å². The van der Waals surface area contributed by atoms with Crippen LogP contribution in [0, 0.1) is 11.8 Å². The first-order valence-corrected chi connectivity index (χ1v) is 6.69. The minimum Gasteiger partial charge on any atom is -0.369 e. The predicted octanol–water partition coefficient (Wildman–Crippen LogP) is 2.10. The smallest absolute Gasteiger partial charge is 0.133 e. The first-order chi connectivity index (χ1) is 8.81. The first-order valence-electron chi connectivity index (χ1n) is 6.31. The molecule has 2 rings (SSSR count). The molecule has 0 bridgehead atoms. The summed E-state index contributed by atoms with van der Waals surface area (Å²) in [5.41, 5.74) is 2.16. The van der Waals surface area contributed by atoms with Gasteiger partial charge in [0.1, 0.15) is 5.15 Å². The Balaban J connectivity index is 2.18. The van der Waals surface area contributed by atoms with E-state index in [0.717, 1.165) is 43.9 Å². The van der Waals surface area contributed by atoms with Crippen LogP contribution in [0.5, 0.6) is 0 Å². The van der Waals surface area contributed by atoms with E-state index in [9.17, 15) is 0 Å². The summed E-state index contributed by atoms with van der Waals surface area (Å²) in [6.07, 6.45) is 3.69. The van der Waals surface area contributed by atoms with Gasteiger partial charge < -0.3 is 10.2 Å². The van der Waals surface area contributed by atoms with Gasteiger partial charge in [-0.1, -0.05) is 17.5 Å². The van der Waals surface area contributed by atoms with Crippen molar-refractivity contribution >= 4 is 17.3 Å². The maximum Gasteiger partial charge on any atom is 0.133 e. The highest BCUT2D eigenvalue weighted by atomic mass is 35.5. The molecule has 0 saturated carbocycles. The summed E-state index contributed by atoms with van der Waals surface area (Å²) in [6.45, 7) is 6.03. The topological polar surface area (TPSA) is 28.2 Å². The van der Waals surface area contributed by atoms with E-state index in [2.05, 4.69) is 33.1 Å². The van der Waals surface area contributed by atoms with E-state index < -0.39 is 0 Å². The van der Waals surface area contributed by atoms with Crippen LogP contribution >= 0.6 is 11.6 Å². The Morgan fingerprint density at radius 1 is 1.44 bits per heavy atom. The lowest BCUT2D eigenvalue weighted by Crippen LogP contribution is -2.28.